The van der Waals surface area contributed by atoms with E-state index in [0.717, 1.165) is 12.1 Å². The van der Waals surface area contributed by atoms with Crippen molar-refractivity contribution >= 4 is 0 Å². The van der Waals surface area contributed by atoms with E-state index in [1.165, 1.54) is 22.4 Å². The van der Waals surface area contributed by atoms with Gasteiger partial charge in [0.15, 0.2) is 0 Å². The molecule has 1 aromatic heterocycles. The highest BCUT2D eigenvalue weighted by atomic mass is 15.3. The molecule has 3 nitrogen and oxygen atoms in total. The number of aryl methyl sites for hydroxylation is 2. The zero-order valence-corrected chi connectivity index (χ0v) is 10.7. The van der Waals surface area contributed by atoms with Crippen LogP contribution in [0.3, 0.4) is 0 Å². The highest BCUT2D eigenvalue weighted by Crippen LogP contribution is 2.27. The van der Waals surface area contributed by atoms with E-state index in [-0.39, 0.29) is 0 Å². The van der Waals surface area contributed by atoms with Gasteiger partial charge in [-0.3, -0.25) is 4.68 Å². The number of rotatable bonds is 3. The first-order valence-corrected chi connectivity index (χ1v) is 5.93. The Balaban J connectivity index is 2.54. The lowest BCUT2D eigenvalue weighted by Crippen LogP contribution is -2.08. The second-order valence-corrected chi connectivity index (χ2v) is 4.40. The maximum absolute atomic E-state index is 5.64. The third-order valence-electron chi connectivity index (χ3n) is 3.21. The number of nitrogens with two attached hydrogens (primary N) is 1. The lowest BCUT2D eigenvalue weighted by molar-refractivity contribution is 0.706. The molecule has 2 rings (SSSR count). The fourth-order valence-corrected chi connectivity index (χ4v) is 2.25. The van der Waals surface area contributed by atoms with E-state index in [4.69, 9.17) is 5.73 Å². The van der Waals surface area contributed by atoms with Crippen molar-refractivity contribution in [2.24, 2.45) is 12.8 Å². The van der Waals surface area contributed by atoms with Gasteiger partial charge in [-0.25, -0.2) is 0 Å². The molecule has 90 valence electrons. The number of nitrogens with zero attached hydrogens (tertiary/aromatic N) is 2. The highest BCUT2D eigenvalue weighted by molar-refractivity contribution is 5.67. The van der Waals surface area contributed by atoms with Crippen LogP contribution in [-0.4, -0.2) is 16.3 Å². The van der Waals surface area contributed by atoms with Crippen LogP contribution in [0.1, 0.15) is 16.8 Å². The molecule has 0 atom stereocenters. The zero-order valence-electron chi connectivity index (χ0n) is 10.7. The molecule has 1 aromatic carbocycles. The number of aromatic nitrogens is 2. The number of benzene rings is 1. The zero-order chi connectivity index (χ0) is 12.4. The van der Waals surface area contributed by atoms with Crippen molar-refractivity contribution in [1.29, 1.82) is 0 Å². The summed E-state index contributed by atoms with van der Waals surface area (Å²) in [4.78, 5) is 0. The minimum absolute atomic E-state index is 0.660. The van der Waals surface area contributed by atoms with Crippen LogP contribution in [0.4, 0.5) is 0 Å². The Morgan fingerprint density at radius 3 is 2.59 bits per heavy atom. The monoisotopic (exact) mass is 229 g/mol. The van der Waals surface area contributed by atoms with Crippen molar-refractivity contribution in [2.45, 2.75) is 20.3 Å². The van der Waals surface area contributed by atoms with E-state index >= 15 is 0 Å². The molecule has 0 spiro atoms. The second kappa shape index (κ2) is 4.72. The molecule has 0 saturated heterocycles. The average Bonchev–Trinajstić information content (AvgIpc) is 2.58. The Hall–Kier alpha value is -1.61. The van der Waals surface area contributed by atoms with Crippen LogP contribution in [0.2, 0.25) is 0 Å². The SMILES string of the molecule is Cc1ccccc1-c1nn(C)c(CCN)c1C. The van der Waals surface area contributed by atoms with Gasteiger partial charge in [-0.2, -0.15) is 5.10 Å². The van der Waals surface area contributed by atoms with E-state index in [2.05, 4.69) is 43.2 Å². The summed E-state index contributed by atoms with van der Waals surface area (Å²) in [6.45, 7) is 4.90. The molecule has 1 heterocycles. The van der Waals surface area contributed by atoms with Crippen LogP contribution in [0.25, 0.3) is 11.3 Å². The molecule has 0 radical (unpaired) electrons. The third-order valence-corrected chi connectivity index (χ3v) is 3.21. The first-order valence-electron chi connectivity index (χ1n) is 5.93. The van der Waals surface area contributed by atoms with Gasteiger partial charge < -0.3 is 5.73 Å². The largest absolute Gasteiger partial charge is 0.330 e. The Morgan fingerprint density at radius 1 is 1.24 bits per heavy atom. The molecule has 17 heavy (non-hydrogen) atoms. The minimum atomic E-state index is 0.660. The molecule has 2 aromatic rings. The van der Waals surface area contributed by atoms with Crippen LogP contribution in [0, 0.1) is 13.8 Å². The van der Waals surface area contributed by atoms with Crippen LogP contribution >= 0.6 is 0 Å². The van der Waals surface area contributed by atoms with Crippen molar-refractivity contribution < 1.29 is 0 Å². The van der Waals surface area contributed by atoms with Gasteiger partial charge in [-0.05, 0) is 31.5 Å². The predicted molar refractivity (Wildman–Crippen MR) is 70.9 cm³/mol. The van der Waals surface area contributed by atoms with Gasteiger partial charge >= 0.3 is 0 Å². The molecular formula is C14H19N3. The summed E-state index contributed by atoms with van der Waals surface area (Å²) < 4.78 is 1.95. The molecule has 0 aliphatic rings. The lowest BCUT2D eigenvalue weighted by Gasteiger charge is -2.03. The molecule has 0 amide bonds. The maximum Gasteiger partial charge on any atom is 0.0957 e. The van der Waals surface area contributed by atoms with Gasteiger partial charge in [-0.1, -0.05) is 24.3 Å². The first kappa shape index (κ1) is 11.9. The van der Waals surface area contributed by atoms with Crippen molar-refractivity contribution in [1.82, 2.24) is 9.78 Å². The van der Waals surface area contributed by atoms with Gasteiger partial charge in [0.2, 0.25) is 0 Å². The summed E-state index contributed by atoms with van der Waals surface area (Å²) in [5.74, 6) is 0. The highest BCUT2D eigenvalue weighted by Gasteiger charge is 2.14. The third kappa shape index (κ3) is 2.11. The molecular weight excluding hydrogens is 210 g/mol. The fourth-order valence-electron chi connectivity index (χ4n) is 2.25. The van der Waals surface area contributed by atoms with Crippen LogP contribution in [0.15, 0.2) is 24.3 Å². The van der Waals surface area contributed by atoms with Gasteiger partial charge in [-0.15, -0.1) is 0 Å². The van der Waals surface area contributed by atoms with Crippen LogP contribution < -0.4 is 5.73 Å². The van der Waals surface area contributed by atoms with Gasteiger partial charge in [0.05, 0.1) is 5.69 Å². The Bertz CT molecular complexity index is 526. The van der Waals surface area contributed by atoms with E-state index < -0.39 is 0 Å². The van der Waals surface area contributed by atoms with E-state index in [1.807, 2.05) is 11.7 Å². The smallest absolute Gasteiger partial charge is 0.0957 e. The van der Waals surface area contributed by atoms with Crippen molar-refractivity contribution in [3.8, 4) is 11.3 Å². The van der Waals surface area contributed by atoms with Gasteiger partial charge in [0.1, 0.15) is 0 Å². The Labute approximate surface area is 102 Å². The maximum atomic E-state index is 5.64. The van der Waals surface area contributed by atoms with E-state index in [9.17, 15) is 0 Å². The lowest BCUT2D eigenvalue weighted by atomic mass is 10.0. The van der Waals surface area contributed by atoms with Crippen molar-refractivity contribution in [3.63, 3.8) is 0 Å². The molecule has 0 bridgehead atoms. The summed E-state index contributed by atoms with van der Waals surface area (Å²) in [6, 6.07) is 8.35. The van der Waals surface area contributed by atoms with E-state index in [0.29, 0.717) is 6.54 Å². The van der Waals surface area contributed by atoms with Crippen LogP contribution in [-0.2, 0) is 13.5 Å². The summed E-state index contributed by atoms with van der Waals surface area (Å²) >= 11 is 0. The van der Waals surface area contributed by atoms with Crippen LogP contribution in [0.5, 0.6) is 0 Å². The number of hydrogen-bond acceptors (Lipinski definition) is 2. The molecule has 0 unspecified atom stereocenters. The van der Waals surface area contributed by atoms with Crippen molar-refractivity contribution in [2.75, 3.05) is 6.54 Å². The fraction of sp³-hybridized carbons (Fsp3) is 0.357. The molecule has 0 fully saturated rings. The molecule has 2 N–H and O–H groups in total. The standard InChI is InChI=1S/C14H19N3/c1-10-6-4-5-7-12(10)14-11(2)13(8-9-15)17(3)16-14/h4-7H,8-9,15H2,1-3H3. The summed E-state index contributed by atoms with van der Waals surface area (Å²) in [5, 5.41) is 4.62. The van der Waals surface area contributed by atoms with Crippen molar-refractivity contribution in [3.05, 3.63) is 41.1 Å². The molecule has 0 aliphatic carbocycles. The first-order chi connectivity index (χ1) is 8.15. The molecule has 0 aliphatic heterocycles. The molecule has 3 heteroatoms. The Kier molecular flexibility index (Phi) is 3.29. The molecule has 0 saturated carbocycles. The number of hydrogen-bond donors (Lipinski definition) is 1. The normalized spacial score (nSPS) is 10.8. The summed E-state index contributed by atoms with van der Waals surface area (Å²) in [6.07, 6.45) is 0.876. The summed E-state index contributed by atoms with van der Waals surface area (Å²) in [5.41, 5.74) is 11.7. The van der Waals surface area contributed by atoms with E-state index in [1.54, 1.807) is 0 Å². The topological polar surface area (TPSA) is 43.8 Å². The Morgan fingerprint density at radius 2 is 1.94 bits per heavy atom. The minimum Gasteiger partial charge on any atom is -0.330 e. The predicted octanol–water partition coefficient (Wildman–Crippen LogP) is 2.21. The average molecular weight is 229 g/mol. The summed E-state index contributed by atoms with van der Waals surface area (Å²) in [7, 11) is 1.99. The quantitative estimate of drug-likeness (QED) is 0.877. The van der Waals surface area contributed by atoms with Gasteiger partial charge in [0, 0.05) is 24.7 Å². The second-order valence-electron chi connectivity index (χ2n) is 4.40. The van der Waals surface area contributed by atoms with Gasteiger partial charge in [0.25, 0.3) is 0 Å².